The Bertz CT molecular complexity index is 579. The summed E-state index contributed by atoms with van der Waals surface area (Å²) < 4.78 is 0. The summed E-state index contributed by atoms with van der Waals surface area (Å²) in [6.45, 7) is 6.15. The molecule has 1 aromatic carbocycles. The van der Waals surface area contributed by atoms with Crippen molar-refractivity contribution in [3.8, 4) is 0 Å². The monoisotopic (exact) mass is 254 g/mol. The zero-order valence-corrected chi connectivity index (χ0v) is 11.5. The van der Waals surface area contributed by atoms with Gasteiger partial charge < -0.3 is 5.32 Å². The molecule has 3 nitrogen and oxygen atoms in total. The first kappa shape index (κ1) is 13.3. The Morgan fingerprint density at radius 3 is 2.42 bits per heavy atom. The number of pyridine rings is 1. The maximum absolute atomic E-state index is 12.0. The van der Waals surface area contributed by atoms with E-state index in [-0.39, 0.29) is 11.9 Å². The molecule has 1 N–H and O–H groups in total. The molecule has 1 aromatic heterocycles. The van der Waals surface area contributed by atoms with E-state index in [1.807, 2.05) is 6.92 Å². The molecule has 0 saturated carbocycles. The lowest BCUT2D eigenvalue weighted by Crippen LogP contribution is -2.26. The van der Waals surface area contributed by atoms with Gasteiger partial charge in [-0.25, -0.2) is 0 Å². The Kier molecular flexibility index (Phi) is 3.95. The van der Waals surface area contributed by atoms with Crippen molar-refractivity contribution in [2.75, 3.05) is 0 Å². The molecule has 1 amide bonds. The highest BCUT2D eigenvalue weighted by Gasteiger charge is 2.11. The molecule has 0 aliphatic rings. The Labute approximate surface area is 113 Å². The predicted molar refractivity (Wildman–Crippen MR) is 76.0 cm³/mol. The summed E-state index contributed by atoms with van der Waals surface area (Å²) in [6.07, 6.45) is 3.24. The Hall–Kier alpha value is -2.16. The molecule has 3 heteroatoms. The number of aryl methyl sites for hydroxylation is 2. The predicted octanol–water partition coefficient (Wildman–Crippen LogP) is 3.19. The molecular formula is C16H18N2O. The van der Waals surface area contributed by atoms with Crippen LogP contribution in [0.4, 0.5) is 0 Å². The van der Waals surface area contributed by atoms with Crippen LogP contribution in [0.3, 0.4) is 0 Å². The number of benzene rings is 1. The van der Waals surface area contributed by atoms with Crippen LogP contribution in [0.5, 0.6) is 0 Å². The number of carbonyl (C=O) groups excluding carboxylic acids is 1. The lowest BCUT2D eigenvalue weighted by atomic mass is 10.0. The first-order valence-electron chi connectivity index (χ1n) is 6.36. The normalized spacial score (nSPS) is 11.9. The van der Waals surface area contributed by atoms with Gasteiger partial charge in [0.2, 0.25) is 0 Å². The van der Waals surface area contributed by atoms with Gasteiger partial charge in [0.25, 0.3) is 5.91 Å². The molecule has 0 bridgehead atoms. The van der Waals surface area contributed by atoms with E-state index >= 15 is 0 Å². The summed E-state index contributed by atoms with van der Waals surface area (Å²) in [7, 11) is 0. The summed E-state index contributed by atoms with van der Waals surface area (Å²) in [5.41, 5.74) is 4.25. The Morgan fingerprint density at radius 2 is 1.79 bits per heavy atom. The maximum Gasteiger partial charge on any atom is 0.251 e. The molecule has 0 fully saturated rings. The van der Waals surface area contributed by atoms with E-state index in [0.29, 0.717) is 5.56 Å². The van der Waals surface area contributed by atoms with E-state index in [1.54, 1.807) is 24.5 Å². The average Bonchev–Trinajstić information content (AvgIpc) is 2.42. The van der Waals surface area contributed by atoms with Gasteiger partial charge in [-0.05, 0) is 49.6 Å². The first-order chi connectivity index (χ1) is 9.08. The van der Waals surface area contributed by atoms with Gasteiger partial charge in [0.15, 0.2) is 0 Å². The van der Waals surface area contributed by atoms with Crippen molar-refractivity contribution < 1.29 is 4.79 Å². The van der Waals surface area contributed by atoms with E-state index in [4.69, 9.17) is 0 Å². The number of rotatable bonds is 3. The standard InChI is InChI=1S/C16H18N2O/c1-11-4-5-15(10-12(11)2)13(3)18-16(19)14-6-8-17-9-7-14/h4-10,13H,1-3H3,(H,18,19)/t13-/m1/s1. The van der Waals surface area contributed by atoms with Crippen LogP contribution in [0.2, 0.25) is 0 Å². The molecule has 0 unspecified atom stereocenters. The van der Waals surface area contributed by atoms with Crippen LogP contribution in [-0.2, 0) is 0 Å². The fourth-order valence-electron chi connectivity index (χ4n) is 1.90. The second kappa shape index (κ2) is 5.65. The molecule has 0 aliphatic carbocycles. The molecule has 2 aromatic rings. The number of amides is 1. The van der Waals surface area contributed by atoms with E-state index in [2.05, 4.69) is 42.3 Å². The van der Waals surface area contributed by atoms with Gasteiger partial charge in [-0.3, -0.25) is 9.78 Å². The fourth-order valence-corrected chi connectivity index (χ4v) is 1.90. The van der Waals surface area contributed by atoms with Crippen molar-refractivity contribution in [2.24, 2.45) is 0 Å². The highest BCUT2D eigenvalue weighted by atomic mass is 16.1. The lowest BCUT2D eigenvalue weighted by molar-refractivity contribution is 0.0940. The maximum atomic E-state index is 12.0. The van der Waals surface area contributed by atoms with Crippen LogP contribution in [0.25, 0.3) is 0 Å². The Morgan fingerprint density at radius 1 is 1.11 bits per heavy atom. The largest absolute Gasteiger partial charge is 0.346 e. The van der Waals surface area contributed by atoms with E-state index in [0.717, 1.165) is 5.56 Å². The average molecular weight is 254 g/mol. The van der Waals surface area contributed by atoms with Crippen molar-refractivity contribution in [3.63, 3.8) is 0 Å². The van der Waals surface area contributed by atoms with Gasteiger partial charge in [0.1, 0.15) is 0 Å². The third kappa shape index (κ3) is 3.19. The molecule has 1 atom stereocenters. The zero-order valence-electron chi connectivity index (χ0n) is 11.5. The number of hydrogen-bond acceptors (Lipinski definition) is 2. The molecule has 0 aliphatic heterocycles. The molecule has 0 radical (unpaired) electrons. The Balaban J connectivity index is 2.10. The van der Waals surface area contributed by atoms with E-state index < -0.39 is 0 Å². The van der Waals surface area contributed by atoms with Gasteiger partial charge in [-0.15, -0.1) is 0 Å². The van der Waals surface area contributed by atoms with Crippen molar-refractivity contribution in [1.82, 2.24) is 10.3 Å². The SMILES string of the molecule is Cc1ccc([C@@H](C)NC(=O)c2ccncc2)cc1C. The van der Waals surface area contributed by atoms with Crippen LogP contribution in [0.15, 0.2) is 42.7 Å². The van der Waals surface area contributed by atoms with Crippen molar-refractivity contribution in [2.45, 2.75) is 26.8 Å². The van der Waals surface area contributed by atoms with Gasteiger partial charge in [-0.2, -0.15) is 0 Å². The van der Waals surface area contributed by atoms with Gasteiger partial charge in [-0.1, -0.05) is 18.2 Å². The third-order valence-electron chi connectivity index (χ3n) is 3.32. The quantitative estimate of drug-likeness (QED) is 0.914. The van der Waals surface area contributed by atoms with Crippen molar-refractivity contribution in [3.05, 3.63) is 65.0 Å². The fraction of sp³-hybridized carbons (Fsp3) is 0.250. The summed E-state index contributed by atoms with van der Waals surface area (Å²) in [6, 6.07) is 9.66. The summed E-state index contributed by atoms with van der Waals surface area (Å²) in [4.78, 5) is 15.9. The van der Waals surface area contributed by atoms with Crippen LogP contribution < -0.4 is 5.32 Å². The zero-order chi connectivity index (χ0) is 13.8. The number of nitrogens with zero attached hydrogens (tertiary/aromatic N) is 1. The number of nitrogens with one attached hydrogen (secondary N) is 1. The number of hydrogen-bond donors (Lipinski definition) is 1. The second-order valence-electron chi connectivity index (χ2n) is 4.77. The van der Waals surface area contributed by atoms with Crippen LogP contribution in [0, 0.1) is 13.8 Å². The molecule has 98 valence electrons. The molecule has 2 rings (SSSR count). The highest BCUT2D eigenvalue weighted by Crippen LogP contribution is 2.17. The second-order valence-corrected chi connectivity index (χ2v) is 4.77. The number of aromatic nitrogens is 1. The minimum absolute atomic E-state index is 0.0139. The van der Waals surface area contributed by atoms with Crippen molar-refractivity contribution >= 4 is 5.91 Å². The van der Waals surface area contributed by atoms with E-state index in [9.17, 15) is 4.79 Å². The van der Waals surface area contributed by atoms with Gasteiger partial charge in [0.05, 0.1) is 6.04 Å². The smallest absolute Gasteiger partial charge is 0.251 e. The highest BCUT2D eigenvalue weighted by molar-refractivity contribution is 5.94. The molecule has 19 heavy (non-hydrogen) atoms. The minimum Gasteiger partial charge on any atom is -0.346 e. The summed E-state index contributed by atoms with van der Waals surface area (Å²) >= 11 is 0. The van der Waals surface area contributed by atoms with E-state index in [1.165, 1.54) is 11.1 Å². The third-order valence-corrected chi connectivity index (χ3v) is 3.32. The first-order valence-corrected chi connectivity index (χ1v) is 6.36. The number of carbonyl (C=O) groups is 1. The van der Waals surface area contributed by atoms with Gasteiger partial charge >= 0.3 is 0 Å². The van der Waals surface area contributed by atoms with Crippen molar-refractivity contribution in [1.29, 1.82) is 0 Å². The molecule has 0 spiro atoms. The topological polar surface area (TPSA) is 42.0 Å². The van der Waals surface area contributed by atoms with Crippen LogP contribution >= 0.6 is 0 Å². The molecular weight excluding hydrogens is 236 g/mol. The molecule has 1 heterocycles. The summed E-state index contributed by atoms with van der Waals surface area (Å²) in [5, 5.41) is 2.99. The lowest BCUT2D eigenvalue weighted by Gasteiger charge is -2.15. The minimum atomic E-state index is -0.0758. The van der Waals surface area contributed by atoms with Crippen LogP contribution in [-0.4, -0.2) is 10.9 Å². The van der Waals surface area contributed by atoms with Crippen LogP contribution in [0.1, 0.15) is 40.0 Å². The molecule has 0 saturated heterocycles. The summed E-state index contributed by atoms with van der Waals surface area (Å²) in [5.74, 6) is -0.0758. The van der Waals surface area contributed by atoms with Gasteiger partial charge in [0, 0.05) is 18.0 Å².